The Morgan fingerprint density at radius 3 is 2.63 bits per heavy atom. The molecule has 19 heavy (non-hydrogen) atoms. The minimum Gasteiger partial charge on any atom is -0.496 e. The van der Waals surface area contributed by atoms with Crippen LogP contribution in [0.5, 0.6) is 5.75 Å². The van der Waals surface area contributed by atoms with Gasteiger partial charge >= 0.3 is 5.97 Å². The van der Waals surface area contributed by atoms with Crippen molar-refractivity contribution in [2.24, 2.45) is 0 Å². The maximum Gasteiger partial charge on any atom is 0.355 e. The van der Waals surface area contributed by atoms with E-state index in [0.29, 0.717) is 17.0 Å². The van der Waals surface area contributed by atoms with E-state index in [1.807, 2.05) is 0 Å². The van der Waals surface area contributed by atoms with Crippen LogP contribution in [0, 0.1) is 0 Å². The van der Waals surface area contributed by atoms with E-state index < -0.39 is 5.97 Å². The first-order valence-electron chi connectivity index (χ1n) is 5.69. The van der Waals surface area contributed by atoms with Crippen molar-refractivity contribution in [3.05, 3.63) is 53.9 Å². The Bertz CT molecular complexity index is 575. The highest BCUT2D eigenvalue weighted by atomic mass is 16.5. The summed E-state index contributed by atoms with van der Waals surface area (Å²) >= 11 is 0. The molecule has 2 rings (SSSR count). The molecule has 0 amide bonds. The van der Waals surface area contributed by atoms with E-state index in [4.69, 9.17) is 9.47 Å². The average molecular weight is 259 g/mol. The minimum atomic E-state index is -0.562. The molecule has 0 saturated carbocycles. The van der Waals surface area contributed by atoms with Crippen molar-refractivity contribution >= 4 is 11.8 Å². The van der Waals surface area contributed by atoms with Crippen molar-refractivity contribution in [2.45, 2.75) is 0 Å². The molecule has 1 N–H and O–H groups in total. The first-order chi connectivity index (χ1) is 9.22. The number of hydrogen-bond acceptors (Lipinski definition) is 4. The standard InChI is InChI=1S/C14H13NO4/c1-18-13-7-3-2-5-10(13)12(16)9-19-14(17)11-6-4-8-15-11/h2-8,15H,9H2,1H3. The van der Waals surface area contributed by atoms with Crippen molar-refractivity contribution < 1.29 is 19.1 Å². The summed E-state index contributed by atoms with van der Waals surface area (Å²) in [7, 11) is 1.48. The Labute approximate surface area is 110 Å². The lowest BCUT2D eigenvalue weighted by molar-refractivity contribution is 0.0469. The van der Waals surface area contributed by atoms with Gasteiger partial charge in [-0.1, -0.05) is 12.1 Å². The number of hydrogen-bond donors (Lipinski definition) is 1. The molecule has 5 heteroatoms. The number of rotatable bonds is 5. The number of carbonyl (C=O) groups excluding carboxylic acids is 2. The smallest absolute Gasteiger partial charge is 0.355 e. The lowest BCUT2D eigenvalue weighted by Crippen LogP contribution is -2.15. The Morgan fingerprint density at radius 2 is 1.95 bits per heavy atom. The molecule has 0 radical (unpaired) electrons. The van der Waals surface area contributed by atoms with Crippen LogP contribution >= 0.6 is 0 Å². The number of ether oxygens (including phenoxy) is 2. The lowest BCUT2D eigenvalue weighted by atomic mass is 10.1. The van der Waals surface area contributed by atoms with E-state index in [1.54, 1.807) is 42.6 Å². The molecule has 0 aliphatic heterocycles. The summed E-state index contributed by atoms with van der Waals surface area (Å²) in [5, 5.41) is 0. The van der Waals surface area contributed by atoms with Gasteiger partial charge in [-0.3, -0.25) is 4.79 Å². The van der Waals surface area contributed by atoms with E-state index >= 15 is 0 Å². The summed E-state index contributed by atoms with van der Waals surface area (Å²) in [5.74, 6) is -0.408. The summed E-state index contributed by atoms with van der Waals surface area (Å²) in [6.45, 7) is -0.321. The van der Waals surface area contributed by atoms with E-state index in [1.165, 1.54) is 7.11 Å². The van der Waals surface area contributed by atoms with E-state index in [2.05, 4.69) is 4.98 Å². The molecule has 1 aromatic carbocycles. The summed E-state index contributed by atoms with van der Waals surface area (Å²) in [4.78, 5) is 26.2. The van der Waals surface area contributed by atoms with Gasteiger partial charge < -0.3 is 14.5 Å². The zero-order valence-electron chi connectivity index (χ0n) is 10.4. The number of esters is 1. The highest BCUT2D eigenvalue weighted by Gasteiger charge is 2.15. The van der Waals surface area contributed by atoms with Crippen molar-refractivity contribution in [1.29, 1.82) is 0 Å². The third kappa shape index (κ3) is 3.01. The van der Waals surface area contributed by atoms with Gasteiger partial charge in [0.25, 0.3) is 0 Å². The van der Waals surface area contributed by atoms with Crippen LogP contribution in [0.2, 0.25) is 0 Å². The topological polar surface area (TPSA) is 68.4 Å². The fourth-order valence-corrected chi connectivity index (χ4v) is 1.62. The van der Waals surface area contributed by atoms with Crippen LogP contribution in [0.25, 0.3) is 0 Å². The summed E-state index contributed by atoms with van der Waals surface area (Å²) < 4.78 is 10.0. The van der Waals surface area contributed by atoms with Gasteiger partial charge in [-0.2, -0.15) is 0 Å². The summed E-state index contributed by atoms with van der Waals surface area (Å²) in [5.41, 5.74) is 0.706. The number of nitrogens with one attached hydrogen (secondary N) is 1. The molecule has 2 aromatic rings. The molecule has 0 saturated heterocycles. The molecule has 1 aromatic heterocycles. The molecule has 0 fully saturated rings. The number of H-pyrrole nitrogens is 1. The lowest BCUT2D eigenvalue weighted by Gasteiger charge is -2.07. The van der Waals surface area contributed by atoms with Crippen LogP contribution in [0.1, 0.15) is 20.8 Å². The third-order valence-electron chi connectivity index (χ3n) is 2.56. The quantitative estimate of drug-likeness (QED) is 0.659. The van der Waals surface area contributed by atoms with Crippen molar-refractivity contribution in [3.8, 4) is 5.75 Å². The van der Waals surface area contributed by atoms with Gasteiger partial charge in [0.2, 0.25) is 5.78 Å². The van der Waals surface area contributed by atoms with Gasteiger partial charge in [0.05, 0.1) is 12.7 Å². The largest absolute Gasteiger partial charge is 0.496 e. The molecule has 5 nitrogen and oxygen atoms in total. The molecular formula is C14H13NO4. The van der Waals surface area contributed by atoms with Crippen LogP contribution in [0.3, 0.4) is 0 Å². The average Bonchev–Trinajstić information content (AvgIpc) is 2.98. The van der Waals surface area contributed by atoms with E-state index in [-0.39, 0.29) is 12.4 Å². The van der Waals surface area contributed by atoms with Crippen molar-refractivity contribution in [1.82, 2.24) is 4.98 Å². The molecule has 0 unspecified atom stereocenters. The fraction of sp³-hybridized carbons (Fsp3) is 0.143. The van der Waals surface area contributed by atoms with Gasteiger partial charge in [-0.05, 0) is 24.3 Å². The SMILES string of the molecule is COc1ccccc1C(=O)COC(=O)c1ccc[nH]1. The number of Topliss-reactive ketones (excluding diaryl/α,β-unsaturated/α-hetero) is 1. The molecule has 1 heterocycles. The second-order valence-electron chi connectivity index (χ2n) is 3.78. The van der Waals surface area contributed by atoms with Crippen LogP contribution in [-0.2, 0) is 4.74 Å². The van der Waals surface area contributed by atoms with Crippen molar-refractivity contribution in [2.75, 3.05) is 13.7 Å². The normalized spacial score (nSPS) is 9.95. The zero-order chi connectivity index (χ0) is 13.7. The molecule has 98 valence electrons. The maximum absolute atomic E-state index is 11.9. The Morgan fingerprint density at radius 1 is 1.16 bits per heavy atom. The monoisotopic (exact) mass is 259 g/mol. The van der Waals surface area contributed by atoms with Gasteiger partial charge in [0.1, 0.15) is 11.4 Å². The second-order valence-corrected chi connectivity index (χ2v) is 3.78. The fourth-order valence-electron chi connectivity index (χ4n) is 1.62. The molecule has 0 aliphatic rings. The molecule has 0 bridgehead atoms. The van der Waals surface area contributed by atoms with Crippen LogP contribution in [0.4, 0.5) is 0 Å². The zero-order valence-corrected chi connectivity index (χ0v) is 10.4. The van der Waals surface area contributed by atoms with E-state index in [0.717, 1.165) is 0 Å². The van der Waals surface area contributed by atoms with Crippen molar-refractivity contribution in [3.63, 3.8) is 0 Å². The Hall–Kier alpha value is -2.56. The van der Waals surface area contributed by atoms with Gasteiger partial charge in [-0.25, -0.2) is 4.79 Å². The third-order valence-corrected chi connectivity index (χ3v) is 2.56. The number of ketones is 1. The van der Waals surface area contributed by atoms with Gasteiger partial charge in [0, 0.05) is 6.20 Å². The first kappa shape index (κ1) is 12.9. The highest BCUT2D eigenvalue weighted by molar-refractivity contribution is 6.01. The number of benzene rings is 1. The molecular weight excluding hydrogens is 246 g/mol. The number of aromatic amines is 1. The van der Waals surface area contributed by atoms with Crippen LogP contribution in [-0.4, -0.2) is 30.5 Å². The number of para-hydroxylation sites is 1. The number of aromatic nitrogens is 1. The predicted molar refractivity (Wildman–Crippen MR) is 68.4 cm³/mol. The van der Waals surface area contributed by atoms with E-state index in [9.17, 15) is 9.59 Å². The Kier molecular flexibility index (Phi) is 3.97. The number of carbonyl (C=O) groups is 2. The maximum atomic E-state index is 11.9. The predicted octanol–water partition coefficient (Wildman–Crippen LogP) is 2.06. The molecule has 0 aliphatic carbocycles. The Balaban J connectivity index is 2.00. The van der Waals surface area contributed by atoms with Crippen LogP contribution < -0.4 is 4.74 Å². The summed E-state index contributed by atoms with van der Waals surface area (Å²) in [6, 6.07) is 10.1. The molecule has 0 spiro atoms. The van der Waals surface area contributed by atoms with Gasteiger partial charge in [-0.15, -0.1) is 0 Å². The van der Waals surface area contributed by atoms with Crippen LogP contribution in [0.15, 0.2) is 42.6 Å². The second kappa shape index (κ2) is 5.86. The van der Waals surface area contributed by atoms with Gasteiger partial charge in [0.15, 0.2) is 6.61 Å². The minimum absolute atomic E-state index is 0.308. The summed E-state index contributed by atoms with van der Waals surface area (Å²) in [6.07, 6.45) is 1.61. The first-order valence-corrected chi connectivity index (χ1v) is 5.69. The number of methoxy groups -OCH3 is 1. The highest BCUT2D eigenvalue weighted by Crippen LogP contribution is 2.17. The molecule has 0 atom stereocenters.